The quantitative estimate of drug-likeness (QED) is 0.766. The molecule has 0 saturated heterocycles. The van der Waals surface area contributed by atoms with E-state index in [2.05, 4.69) is 11.2 Å². The summed E-state index contributed by atoms with van der Waals surface area (Å²) in [4.78, 5) is 23.9. The highest BCUT2D eigenvalue weighted by atomic mass is 16.4. The van der Waals surface area contributed by atoms with Gasteiger partial charge in [-0.05, 0) is 37.1 Å². The molecule has 20 heavy (non-hydrogen) atoms. The zero-order valence-electron chi connectivity index (χ0n) is 11.6. The molecule has 0 fully saturated rings. The van der Waals surface area contributed by atoms with Crippen molar-refractivity contribution in [1.29, 1.82) is 0 Å². The van der Waals surface area contributed by atoms with Gasteiger partial charge in [0.1, 0.15) is 0 Å². The van der Waals surface area contributed by atoms with Crippen molar-refractivity contribution in [1.82, 2.24) is 4.90 Å². The number of benzene rings is 1. The third-order valence-corrected chi connectivity index (χ3v) is 2.83. The molecule has 0 saturated carbocycles. The largest absolute Gasteiger partial charge is 0.480 e. The van der Waals surface area contributed by atoms with Crippen LogP contribution in [0, 0.1) is 26.2 Å². The number of carbonyl (C=O) groups excluding carboxylic acids is 1. The molecule has 1 aromatic rings. The topological polar surface area (TPSA) is 69.6 Å². The molecule has 5 nitrogen and oxygen atoms in total. The Bertz CT molecular complexity index is 547. The van der Waals surface area contributed by atoms with Crippen molar-refractivity contribution in [3.63, 3.8) is 0 Å². The Morgan fingerprint density at radius 2 is 2.00 bits per heavy atom. The zero-order valence-corrected chi connectivity index (χ0v) is 11.6. The fourth-order valence-corrected chi connectivity index (χ4v) is 1.71. The summed E-state index contributed by atoms with van der Waals surface area (Å²) in [7, 11) is 0. The summed E-state index contributed by atoms with van der Waals surface area (Å²) >= 11 is 0. The maximum absolute atomic E-state index is 11.9. The molecule has 1 rings (SSSR count). The molecule has 0 aromatic heterocycles. The van der Waals surface area contributed by atoms with Crippen molar-refractivity contribution in [3.8, 4) is 12.3 Å². The molecular weight excluding hydrogens is 256 g/mol. The first-order valence-corrected chi connectivity index (χ1v) is 6.17. The van der Waals surface area contributed by atoms with E-state index in [4.69, 9.17) is 11.5 Å². The highest BCUT2D eigenvalue weighted by molar-refractivity contribution is 5.92. The molecule has 0 aliphatic rings. The number of carboxylic acids is 1. The number of aliphatic carboxylic acids is 1. The van der Waals surface area contributed by atoms with Gasteiger partial charge in [-0.3, -0.25) is 14.5 Å². The summed E-state index contributed by atoms with van der Waals surface area (Å²) in [6.07, 6.45) is 5.15. The van der Waals surface area contributed by atoms with Gasteiger partial charge in [0.25, 0.3) is 0 Å². The number of hydrogen-bond acceptors (Lipinski definition) is 3. The lowest BCUT2D eigenvalue weighted by Crippen LogP contribution is -2.37. The zero-order chi connectivity index (χ0) is 15.1. The molecule has 0 aliphatic heterocycles. The van der Waals surface area contributed by atoms with Crippen molar-refractivity contribution in [2.24, 2.45) is 0 Å². The average molecular weight is 274 g/mol. The highest BCUT2D eigenvalue weighted by Crippen LogP contribution is 2.14. The molecule has 1 amide bonds. The number of anilines is 1. The van der Waals surface area contributed by atoms with E-state index < -0.39 is 5.97 Å². The van der Waals surface area contributed by atoms with Crippen LogP contribution in [0.1, 0.15) is 11.1 Å². The number of terminal acetylenes is 1. The molecule has 0 unspecified atom stereocenters. The molecule has 0 atom stereocenters. The number of nitrogens with zero attached hydrogens (tertiary/aromatic N) is 1. The number of nitrogens with one attached hydrogen (secondary N) is 1. The van der Waals surface area contributed by atoms with Crippen LogP contribution in [0.3, 0.4) is 0 Å². The molecule has 0 radical (unpaired) electrons. The molecule has 0 bridgehead atoms. The van der Waals surface area contributed by atoms with Gasteiger partial charge in [-0.25, -0.2) is 0 Å². The van der Waals surface area contributed by atoms with Crippen molar-refractivity contribution < 1.29 is 14.7 Å². The number of hydrogen-bond donors (Lipinski definition) is 2. The average Bonchev–Trinajstić information content (AvgIpc) is 2.33. The number of rotatable bonds is 6. The van der Waals surface area contributed by atoms with Gasteiger partial charge >= 0.3 is 5.97 Å². The van der Waals surface area contributed by atoms with Gasteiger partial charge in [0, 0.05) is 5.69 Å². The van der Waals surface area contributed by atoms with Crippen LogP contribution in [-0.4, -0.2) is 41.5 Å². The van der Waals surface area contributed by atoms with E-state index in [1.165, 1.54) is 4.90 Å². The van der Waals surface area contributed by atoms with E-state index in [-0.39, 0.29) is 25.5 Å². The van der Waals surface area contributed by atoms with Crippen molar-refractivity contribution in [2.75, 3.05) is 25.0 Å². The first-order chi connectivity index (χ1) is 9.42. The minimum Gasteiger partial charge on any atom is -0.480 e. The normalized spacial score (nSPS) is 10.1. The molecular formula is C15H18N2O3. The van der Waals surface area contributed by atoms with Crippen molar-refractivity contribution in [2.45, 2.75) is 13.8 Å². The number of amides is 1. The van der Waals surface area contributed by atoms with Gasteiger partial charge in [0.15, 0.2) is 0 Å². The van der Waals surface area contributed by atoms with Crippen LogP contribution < -0.4 is 5.32 Å². The fourth-order valence-electron chi connectivity index (χ4n) is 1.71. The van der Waals surface area contributed by atoms with E-state index in [0.29, 0.717) is 5.69 Å². The minimum absolute atomic E-state index is 0.0522. The Kier molecular flexibility index (Phi) is 5.75. The van der Waals surface area contributed by atoms with Crippen LogP contribution in [-0.2, 0) is 9.59 Å². The molecule has 0 spiro atoms. The van der Waals surface area contributed by atoms with Crippen LogP contribution in [0.2, 0.25) is 0 Å². The second-order valence-corrected chi connectivity index (χ2v) is 4.59. The Balaban J connectivity index is 2.63. The number of carbonyl (C=O) groups is 2. The van der Waals surface area contributed by atoms with Gasteiger partial charge in [0.05, 0.1) is 19.6 Å². The van der Waals surface area contributed by atoms with Gasteiger partial charge in [-0.1, -0.05) is 12.0 Å². The monoisotopic (exact) mass is 274 g/mol. The standard InChI is InChI=1S/C15H18N2O3/c1-4-7-17(10-15(19)20)9-14(18)16-13-6-5-11(2)12(3)8-13/h1,5-6,8H,7,9-10H2,2-3H3,(H,16,18)(H,19,20). The predicted molar refractivity (Wildman–Crippen MR) is 77.5 cm³/mol. The predicted octanol–water partition coefficient (Wildman–Crippen LogP) is 1.26. The molecule has 0 heterocycles. The summed E-state index contributed by atoms with van der Waals surface area (Å²) in [6, 6.07) is 5.60. The van der Waals surface area contributed by atoms with Crippen molar-refractivity contribution in [3.05, 3.63) is 29.3 Å². The first kappa shape index (κ1) is 15.7. The van der Waals surface area contributed by atoms with Gasteiger partial charge < -0.3 is 10.4 Å². The Morgan fingerprint density at radius 1 is 1.30 bits per heavy atom. The second-order valence-electron chi connectivity index (χ2n) is 4.59. The smallest absolute Gasteiger partial charge is 0.317 e. The fraction of sp³-hybridized carbons (Fsp3) is 0.333. The van der Waals surface area contributed by atoms with Gasteiger partial charge in [-0.15, -0.1) is 6.42 Å². The SMILES string of the molecule is C#CCN(CC(=O)O)CC(=O)Nc1ccc(C)c(C)c1. The summed E-state index contributed by atoms with van der Waals surface area (Å²) < 4.78 is 0. The van der Waals surface area contributed by atoms with Crippen LogP contribution in [0.4, 0.5) is 5.69 Å². The highest BCUT2D eigenvalue weighted by Gasteiger charge is 2.13. The summed E-state index contributed by atoms with van der Waals surface area (Å²) in [5, 5.41) is 11.5. The molecule has 5 heteroatoms. The molecule has 106 valence electrons. The van der Waals surface area contributed by atoms with Crippen LogP contribution in [0.25, 0.3) is 0 Å². The lowest BCUT2D eigenvalue weighted by Gasteiger charge is -2.17. The van der Waals surface area contributed by atoms with Crippen LogP contribution in [0.5, 0.6) is 0 Å². The van der Waals surface area contributed by atoms with E-state index >= 15 is 0 Å². The van der Waals surface area contributed by atoms with Crippen LogP contribution >= 0.6 is 0 Å². The maximum atomic E-state index is 11.9. The Hall–Kier alpha value is -2.32. The summed E-state index contributed by atoms with van der Waals surface area (Å²) in [6.45, 7) is 3.75. The second kappa shape index (κ2) is 7.31. The van der Waals surface area contributed by atoms with E-state index in [1.54, 1.807) is 0 Å². The van der Waals surface area contributed by atoms with E-state index in [1.807, 2.05) is 32.0 Å². The molecule has 0 aliphatic carbocycles. The molecule has 2 N–H and O–H groups in total. The summed E-state index contributed by atoms with van der Waals surface area (Å²) in [5.41, 5.74) is 2.91. The van der Waals surface area contributed by atoms with Crippen molar-refractivity contribution >= 4 is 17.6 Å². The Labute approximate surface area is 118 Å². The van der Waals surface area contributed by atoms with E-state index in [0.717, 1.165) is 11.1 Å². The minimum atomic E-state index is -1.01. The number of carboxylic acid groups (broad SMARTS) is 1. The lowest BCUT2D eigenvalue weighted by molar-refractivity contribution is -0.138. The number of aryl methyl sites for hydroxylation is 2. The van der Waals surface area contributed by atoms with Gasteiger partial charge in [-0.2, -0.15) is 0 Å². The third-order valence-electron chi connectivity index (χ3n) is 2.83. The molecule has 1 aromatic carbocycles. The lowest BCUT2D eigenvalue weighted by atomic mass is 10.1. The first-order valence-electron chi connectivity index (χ1n) is 6.17. The third kappa shape index (κ3) is 5.12. The van der Waals surface area contributed by atoms with E-state index in [9.17, 15) is 9.59 Å². The van der Waals surface area contributed by atoms with Gasteiger partial charge in [0.2, 0.25) is 5.91 Å². The maximum Gasteiger partial charge on any atom is 0.317 e. The Morgan fingerprint density at radius 3 is 2.55 bits per heavy atom. The summed E-state index contributed by atoms with van der Waals surface area (Å²) in [5.74, 6) is 1.04. The van der Waals surface area contributed by atoms with Crippen LogP contribution in [0.15, 0.2) is 18.2 Å².